The zero-order valence-electron chi connectivity index (χ0n) is 8.20. The molecule has 1 aromatic rings. The van der Waals surface area contributed by atoms with Gasteiger partial charge in [0.15, 0.2) is 0 Å². The van der Waals surface area contributed by atoms with Crippen LogP contribution in [-0.4, -0.2) is 18.1 Å². The second-order valence-corrected chi connectivity index (χ2v) is 3.40. The van der Waals surface area contributed by atoms with Crippen molar-refractivity contribution in [1.82, 2.24) is 4.98 Å². The lowest BCUT2D eigenvalue weighted by atomic mass is 10.3. The van der Waals surface area contributed by atoms with Gasteiger partial charge in [0, 0.05) is 12.7 Å². The molecule has 0 radical (unpaired) electrons. The van der Waals surface area contributed by atoms with Gasteiger partial charge in [0.05, 0.1) is 11.6 Å². The molecular weight excluding hydrogens is 196 g/mol. The molecular formula is C11H13ClN2. The molecule has 0 saturated carbocycles. The van der Waals surface area contributed by atoms with Crippen LogP contribution >= 0.6 is 11.6 Å². The normalized spacial score (nSPS) is 9.50. The van der Waals surface area contributed by atoms with Crippen LogP contribution in [0.3, 0.4) is 0 Å². The molecule has 1 aromatic heterocycles. The average molecular weight is 209 g/mol. The lowest BCUT2D eigenvalue weighted by molar-refractivity contribution is 0.809. The van der Waals surface area contributed by atoms with E-state index in [2.05, 4.69) is 22.7 Å². The van der Waals surface area contributed by atoms with Crippen molar-refractivity contribution >= 4 is 17.4 Å². The van der Waals surface area contributed by atoms with Gasteiger partial charge in [0.25, 0.3) is 0 Å². The largest absolute Gasteiger partial charge is 0.345 e. The number of hydrogen-bond acceptors (Lipinski definition) is 2. The van der Waals surface area contributed by atoms with Crippen LogP contribution in [0.4, 0.5) is 5.82 Å². The lowest BCUT2D eigenvalue weighted by Crippen LogP contribution is -2.25. The van der Waals surface area contributed by atoms with E-state index in [4.69, 9.17) is 18.0 Å². The Kier molecular flexibility index (Phi) is 4.28. The smallest absolute Gasteiger partial charge is 0.129 e. The van der Waals surface area contributed by atoms with E-state index in [-0.39, 0.29) is 0 Å². The summed E-state index contributed by atoms with van der Waals surface area (Å²) < 4.78 is 0. The number of aromatic nitrogens is 1. The van der Waals surface area contributed by atoms with Crippen LogP contribution in [-0.2, 0) is 0 Å². The molecule has 0 aliphatic rings. The maximum atomic E-state index is 5.75. The Morgan fingerprint density at radius 1 is 1.57 bits per heavy atom. The van der Waals surface area contributed by atoms with Gasteiger partial charge < -0.3 is 4.90 Å². The molecule has 3 heteroatoms. The highest BCUT2D eigenvalue weighted by atomic mass is 35.5. The molecule has 0 aliphatic carbocycles. The van der Waals surface area contributed by atoms with Gasteiger partial charge in [-0.25, -0.2) is 4.98 Å². The predicted octanol–water partition coefficient (Wildman–Crippen LogP) is 2.58. The Balaban J connectivity index is 2.77. The highest BCUT2D eigenvalue weighted by Gasteiger charge is 2.04. The highest BCUT2D eigenvalue weighted by molar-refractivity contribution is 6.30. The van der Waals surface area contributed by atoms with E-state index in [9.17, 15) is 0 Å². The summed E-state index contributed by atoms with van der Waals surface area (Å²) in [6, 6.07) is 3.71. The van der Waals surface area contributed by atoms with Crippen LogP contribution in [0.5, 0.6) is 0 Å². The third kappa shape index (κ3) is 2.93. The van der Waals surface area contributed by atoms with Crippen molar-refractivity contribution in [3.63, 3.8) is 0 Å². The van der Waals surface area contributed by atoms with Gasteiger partial charge in [-0.2, -0.15) is 0 Å². The lowest BCUT2D eigenvalue weighted by Gasteiger charge is -2.20. The number of terminal acetylenes is 1. The molecule has 0 fully saturated rings. The first-order chi connectivity index (χ1) is 6.77. The summed E-state index contributed by atoms with van der Waals surface area (Å²) in [7, 11) is 0. The van der Waals surface area contributed by atoms with Crippen molar-refractivity contribution in [2.24, 2.45) is 0 Å². The minimum absolute atomic E-state index is 0.586. The van der Waals surface area contributed by atoms with Crippen LogP contribution in [0.25, 0.3) is 0 Å². The third-order valence-electron chi connectivity index (χ3n) is 1.81. The van der Waals surface area contributed by atoms with Crippen LogP contribution < -0.4 is 4.90 Å². The summed E-state index contributed by atoms with van der Waals surface area (Å²) in [5.74, 6) is 3.50. The topological polar surface area (TPSA) is 16.1 Å². The van der Waals surface area contributed by atoms with E-state index in [0.717, 1.165) is 18.8 Å². The van der Waals surface area contributed by atoms with Gasteiger partial charge in [-0.3, -0.25) is 0 Å². The van der Waals surface area contributed by atoms with Gasteiger partial charge in [-0.05, 0) is 18.6 Å². The van der Waals surface area contributed by atoms with Gasteiger partial charge in [0.2, 0.25) is 0 Å². The van der Waals surface area contributed by atoms with E-state index in [1.54, 1.807) is 6.20 Å². The van der Waals surface area contributed by atoms with Crippen molar-refractivity contribution in [3.8, 4) is 12.3 Å². The second-order valence-electron chi connectivity index (χ2n) is 2.96. The summed E-state index contributed by atoms with van der Waals surface area (Å²) in [5, 5.41) is 0.644. The quantitative estimate of drug-likeness (QED) is 0.708. The fourth-order valence-corrected chi connectivity index (χ4v) is 1.32. The SMILES string of the molecule is C#CCN(CCC)c1ccc(Cl)cn1. The Morgan fingerprint density at radius 3 is 2.86 bits per heavy atom. The van der Waals surface area contributed by atoms with Crippen molar-refractivity contribution in [3.05, 3.63) is 23.4 Å². The molecule has 0 N–H and O–H groups in total. The molecule has 0 spiro atoms. The standard InChI is InChI=1S/C11H13ClN2/c1-3-7-14(8-4-2)11-6-5-10(12)9-13-11/h1,5-6,9H,4,7-8H2,2H3. The van der Waals surface area contributed by atoms with Crippen LogP contribution in [0.15, 0.2) is 18.3 Å². The maximum Gasteiger partial charge on any atom is 0.129 e. The van der Waals surface area contributed by atoms with E-state index >= 15 is 0 Å². The molecule has 0 aliphatic heterocycles. The van der Waals surface area contributed by atoms with Crippen LogP contribution in [0, 0.1) is 12.3 Å². The summed E-state index contributed by atoms with van der Waals surface area (Å²) >= 11 is 5.75. The molecule has 74 valence electrons. The van der Waals surface area contributed by atoms with Gasteiger partial charge in [0.1, 0.15) is 5.82 Å². The molecule has 0 atom stereocenters. The Bertz CT molecular complexity index is 313. The van der Waals surface area contributed by atoms with Gasteiger partial charge in [-0.15, -0.1) is 6.42 Å². The molecule has 0 unspecified atom stereocenters. The number of nitrogens with zero attached hydrogens (tertiary/aromatic N) is 2. The molecule has 0 saturated heterocycles. The number of anilines is 1. The molecule has 0 aromatic carbocycles. The first-order valence-electron chi connectivity index (χ1n) is 4.58. The van der Waals surface area contributed by atoms with E-state index in [1.807, 2.05) is 12.1 Å². The van der Waals surface area contributed by atoms with E-state index in [1.165, 1.54) is 0 Å². The summed E-state index contributed by atoms with van der Waals surface area (Å²) in [6.45, 7) is 3.61. The first kappa shape index (κ1) is 10.9. The molecule has 1 rings (SSSR count). The summed E-state index contributed by atoms with van der Waals surface area (Å²) in [6.07, 6.45) is 7.96. The Hall–Kier alpha value is -1.20. The number of pyridine rings is 1. The fourth-order valence-electron chi connectivity index (χ4n) is 1.21. The Labute approximate surface area is 89.9 Å². The third-order valence-corrected chi connectivity index (χ3v) is 2.04. The molecule has 14 heavy (non-hydrogen) atoms. The summed E-state index contributed by atoms with van der Waals surface area (Å²) in [4.78, 5) is 6.27. The summed E-state index contributed by atoms with van der Waals surface area (Å²) in [5.41, 5.74) is 0. The first-order valence-corrected chi connectivity index (χ1v) is 4.95. The van der Waals surface area contributed by atoms with Crippen LogP contribution in [0.2, 0.25) is 5.02 Å². The van der Waals surface area contributed by atoms with Crippen molar-refractivity contribution in [2.75, 3.05) is 18.0 Å². The van der Waals surface area contributed by atoms with Crippen molar-refractivity contribution in [1.29, 1.82) is 0 Å². The minimum Gasteiger partial charge on any atom is -0.345 e. The molecule has 0 bridgehead atoms. The zero-order chi connectivity index (χ0) is 10.4. The maximum absolute atomic E-state index is 5.75. The van der Waals surface area contributed by atoms with Crippen molar-refractivity contribution in [2.45, 2.75) is 13.3 Å². The fraction of sp³-hybridized carbons (Fsp3) is 0.364. The highest BCUT2D eigenvalue weighted by Crippen LogP contribution is 2.13. The van der Waals surface area contributed by atoms with Gasteiger partial charge >= 0.3 is 0 Å². The van der Waals surface area contributed by atoms with E-state index < -0.39 is 0 Å². The number of halogens is 1. The molecule has 1 heterocycles. The average Bonchev–Trinajstić information content (AvgIpc) is 2.19. The molecule has 2 nitrogen and oxygen atoms in total. The van der Waals surface area contributed by atoms with Crippen LogP contribution in [0.1, 0.15) is 13.3 Å². The minimum atomic E-state index is 0.586. The second kappa shape index (κ2) is 5.51. The van der Waals surface area contributed by atoms with Gasteiger partial charge in [-0.1, -0.05) is 24.4 Å². The predicted molar refractivity (Wildman–Crippen MR) is 60.6 cm³/mol. The van der Waals surface area contributed by atoms with E-state index in [0.29, 0.717) is 11.6 Å². The molecule has 0 amide bonds. The zero-order valence-corrected chi connectivity index (χ0v) is 8.96. The number of hydrogen-bond donors (Lipinski definition) is 0. The monoisotopic (exact) mass is 208 g/mol. The number of rotatable bonds is 4. The van der Waals surface area contributed by atoms with Crippen molar-refractivity contribution < 1.29 is 0 Å². The Morgan fingerprint density at radius 2 is 2.36 bits per heavy atom.